The number of hydrogen-bond donors (Lipinski definition) is 3. The summed E-state index contributed by atoms with van der Waals surface area (Å²) in [6.45, 7) is 1.94. The summed E-state index contributed by atoms with van der Waals surface area (Å²) in [5.41, 5.74) is 3.70. The number of carbonyl (C=O) groups is 3. The molecule has 0 saturated heterocycles. The third-order valence-corrected chi connectivity index (χ3v) is 8.81. The van der Waals surface area contributed by atoms with Crippen molar-refractivity contribution in [1.82, 2.24) is 5.32 Å². The van der Waals surface area contributed by atoms with Crippen LogP contribution in [0.15, 0.2) is 138 Å². The Hall–Kier alpha value is -4.82. The molecule has 1 atom stereocenters. The van der Waals surface area contributed by atoms with E-state index < -0.39 is 17.1 Å². The first-order valence-corrected chi connectivity index (χ1v) is 15.9. The number of hydrogen-bond acceptors (Lipinski definition) is 4. The van der Waals surface area contributed by atoms with E-state index >= 15 is 0 Å². The molecule has 230 valence electrons. The van der Waals surface area contributed by atoms with Crippen molar-refractivity contribution in [1.29, 1.82) is 0 Å². The molecule has 3 N–H and O–H groups in total. The van der Waals surface area contributed by atoms with Gasteiger partial charge in [-0.3, -0.25) is 14.4 Å². The lowest BCUT2D eigenvalue weighted by Crippen LogP contribution is -2.30. The Labute approximate surface area is 281 Å². The summed E-state index contributed by atoms with van der Waals surface area (Å²) in [6, 6.07) is 37.8. The normalized spacial score (nSPS) is 11.8. The Morgan fingerprint density at radius 2 is 1.35 bits per heavy atom. The lowest BCUT2D eigenvalue weighted by atomic mass is 10.1. The van der Waals surface area contributed by atoms with Gasteiger partial charge in [0.15, 0.2) is 0 Å². The van der Waals surface area contributed by atoms with Crippen LogP contribution in [0.5, 0.6) is 0 Å². The first-order chi connectivity index (χ1) is 22.3. The van der Waals surface area contributed by atoms with Gasteiger partial charge in [0.05, 0.1) is 0 Å². The van der Waals surface area contributed by atoms with E-state index in [-0.39, 0.29) is 11.6 Å². The molecule has 0 aliphatic carbocycles. The van der Waals surface area contributed by atoms with Crippen molar-refractivity contribution in [2.45, 2.75) is 17.1 Å². The minimum Gasteiger partial charge on any atom is -0.325 e. The van der Waals surface area contributed by atoms with Crippen LogP contribution in [0.2, 0.25) is 10.0 Å². The molecular formula is C37H29Cl2N3O3S. The third-order valence-electron chi connectivity index (χ3n) is 6.91. The summed E-state index contributed by atoms with van der Waals surface area (Å²) in [7, 11) is 0. The predicted molar refractivity (Wildman–Crippen MR) is 188 cm³/mol. The number of thioether (sulfide) groups is 1. The Kier molecular flexibility index (Phi) is 10.9. The van der Waals surface area contributed by atoms with E-state index in [1.165, 1.54) is 17.8 Å². The second kappa shape index (κ2) is 15.5. The zero-order valence-corrected chi connectivity index (χ0v) is 27.0. The number of halogens is 2. The summed E-state index contributed by atoms with van der Waals surface area (Å²) in [6.07, 6.45) is 1.45. The summed E-state index contributed by atoms with van der Waals surface area (Å²) in [5.74, 6) is -1.23. The van der Waals surface area contributed by atoms with Crippen molar-refractivity contribution < 1.29 is 14.4 Å². The van der Waals surface area contributed by atoms with E-state index in [0.717, 1.165) is 21.7 Å². The van der Waals surface area contributed by atoms with Gasteiger partial charge >= 0.3 is 0 Å². The second-order valence-electron chi connectivity index (χ2n) is 10.2. The third kappa shape index (κ3) is 8.46. The van der Waals surface area contributed by atoms with Crippen LogP contribution in [-0.2, 0) is 9.59 Å². The minimum absolute atomic E-state index is 0.0540. The maximum absolute atomic E-state index is 13.7. The monoisotopic (exact) mass is 665 g/mol. The Morgan fingerprint density at radius 3 is 2.04 bits per heavy atom. The summed E-state index contributed by atoms with van der Waals surface area (Å²) < 4.78 is 0. The molecular weight excluding hydrogens is 637 g/mol. The van der Waals surface area contributed by atoms with Crippen molar-refractivity contribution >= 4 is 70.1 Å². The van der Waals surface area contributed by atoms with Gasteiger partial charge in [0, 0.05) is 37.4 Å². The first-order valence-electron chi connectivity index (χ1n) is 14.3. The molecule has 0 saturated carbocycles. The number of benzene rings is 5. The fourth-order valence-corrected chi connectivity index (χ4v) is 6.12. The molecule has 6 nitrogen and oxygen atoms in total. The highest BCUT2D eigenvalue weighted by molar-refractivity contribution is 8.00. The van der Waals surface area contributed by atoms with Crippen LogP contribution in [0.4, 0.5) is 11.4 Å². The fraction of sp³-hybridized carbons (Fsp3) is 0.0541. The molecule has 0 heterocycles. The van der Waals surface area contributed by atoms with Crippen LogP contribution in [0.25, 0.3) is 6.08 Å². The van der Waals surface area contributed by atoms with Gasteiger partial charge in [-0.2, -0.15) is 0 Å². The average Bonchev–Trinajstić information content (AvgIpc) is 3.06. The van der Waals surface area contributed by atoms with E-state index in [9.17, 15) is 14.4 Å². The molecule has 3 amide bonds. The molecule has 5 aromatic carbocycles. The smallest absolute Gasteiger partial charge is 0.272 e. The van der Waals surface area contributed by atoms with Crippen LogP contribution < -0.4 is 16.0 Å². The van der Waals surface area contributed by atoms with E-state index in [4.69, 9.17) is 23.2 Å². The topological polar surface area (TPSA) is 87.3 Å². The molecule has 0 aliphatic rings. The lowest BCUT2D eigenvalue weighted by Gasteiger charge is -2.18. The molecule has 0 spiro atoms. The number of nitrogens with one attached hydrogen (secondary N) is 3. The minimum atomic E-state index is -0.584. The molecule has 0 aliphatic heterocycles. The summed E-state index contributed by atoms with van der Waals surface area (Å²) in [4.78, 5) is 41.1. The number of carbonyl (C=O) groups excluding carboxylic acids is 3. The van der Waals surface area contributed by atoms with Gasteiger partial charge in [-0.1, -0.05) is 102 Å². The van der Waals surface area contributed by atoms with Crippen LogP contribution >= 0.6 is 35.0 Å². The Balaban J connectivity index is 1.40. The predicted octanol–water partition coefficient (Wildman–Crippen LogP) is 9.18. The van der Waals surface area contributed by atoms with Crippen LogP contribution in [0, 0.1) is 6.92 Å². The number of anilines is 2. The van der Waals surface area contributed by atoms with Gasteiger partial charge in [-0.05, 0) is 72.7 Å². The van der Waals surface area contributed by atoms with Gasteiger partial charge in [0.25, 0.3) is 11.8 Å². The van der Waals surface area contributed by atoms with E-state index in [2.05, 4.69) is 16.0 Å². The van der Waals surface area contributed by atoms with E-state index in [0.29, 0.717) is 26.9 Å². The molecule has 5 rings (SSSR count). The zero-order chi connectivity index (χ0) is 32.5. The van der Waals surface area contributed by atoms with Gasteiger partial charge in [0.2, 0.25) is 5.91 Å². The highest BCUT2D eigenvalue weighted by atomic mass is 35.5. The molecule has 46 heavy (non-hydrogen) atoms. The van der Waals surface area contributed by atoms with Crippen molar-refractivity contribution in [3.05, 3.63) is 165 Å². The first kappa shape index (κ1) is 32.6. The van der Waals surface area contributed by atoms with Crippen LogP contribution in [-0.4, -0.2) is 17.7 Å². The Bertz CT molecular complexity index is 1880. The highest BCUT2D eigenvalue weighted by Gasteiger charge is 2.23. The fourth-order valence-electron chi connectivity index (χ4n) is 4.53. The van der Waals surface area contributed by atoms with Crippen LogP contribution in [0.3, 0.4) is 0 Å². The lowest BCUT2D eigenvalue weighted by molar-refractivity contribution is -0.116. The largest absolute Gasteiger partial charge is 0.325 e. The van der Waals surface area contributed by atoms with Gasteiger partial charge in [-0.25, -0.2) is 0 Å². The van der Waals surface area contributed by atoms with Crippen molar-refractivity contribution in [3.8, 4) is 0 Å². The van der Waals surface area contributed by atoms with E-state index in [1.54, 1.807) is 66.7 Å². The number of aryl methyl sites for hydroxylation is 1. The average molecular weight is 667 g/mol. The molecule has 5 aromatic rings. The number of rotatable bonds is 10. The quantitative estimate of drug-likeness (QED) is 0.103. The molecule has 0 radical (unpaired) electrons. The summed E-state index contributed by atoms with van der Waals surface area (Å²) >= 11 is 14.1. The number of para-hydroxylation sites is 1. The molecule has 0 bridgehead atoms. The standard InChI is InChI=1S/C37H29Cl2N3O3S/c1-24-12-8-9-21-32(24)41-37(45)34(25-13-4-2-5-14-25)46-28-18-10-17-27(22-28)40-36(44)33(23-29-30(38)19-11-20-31(29)39)42-35(43)26-15-6-3-7-16-26/h2-23,34H,1H3,(H,40,44)(H,41,45)(H,42,43)/b33-23+. The van der Waals surface area contributed by atoms with Crippen molar-refractivity contribution in [3.63, 3.8) is 0 Å². The molecule has 0 aromatic heterocycles. The maximum Gasteiger partial charge on any atom is 0.272 e. The van der Waals surface area contributed by atoms with Gasteiger partial charge in [0.1, 0.15) is 10.9 Å². The van der Waals surface area contributed by atoms with Crippen LogP contribution in [0.1, 0.15) is 32.3 Å². The van der Waals surface area contributed by atoms with Crippen molar-refractivity contribution in [2.75, 3.05) is 10.6 Å². The van der Waals surface area contributed by atoms with Crippen molar-refractivity contribution in [2.24, 2.45) is 0 Å². The highest BCUT2D eigenvalue weighted by Crippen LogP contribution is 2.37. The molecule has 9 heteroatoms. The van der Waals surface area contributed by atoms with Gasteiger partial charge in [-0.15, -0.1) is 11.8 Å². The molecule has 1 unspecified atom stereocenters. The SMILES string of the molecule is Cc1ccccc1NC(=O)C(Sc1cccc(NC(=O)/C(=C\c2c(Cl)cccc2Cl)NC(=O)c2ccccc2)c1)c1ccccc1. The number of amides is 3. The second-order valence-corrected chi connectivity index (χ2v) is 12.2. The maximum atomic E-state index is 13.7. The van der Waals surface area contributed by atoms with E-state index in [1.807, 2.05) is 67.6 Å². The summed E-state index contributed by atoms with van der Waals surface area (Å²) in [5, 5.41) is 8.69. The molecule has 0 fully saturated rings. The zero-order valence-electron chi connectivity index (χ0n) is 24.7. The van der Waals surface area contributed by atoms with Gasteiger partial charge < -0.3 is 16.0 Å². The Morgan fingerprint density at radius 1 is 0.717 bits per heavy atom.